The number of hydrogen-bond acceptors (Lipinski definition) is 5. The zero-order chi connectivity index (χ0) is 14.8. The second kappa shape index (κ2) is 5.38. The van der Waals surface area contributed by atoms with Crippen LogP contribution >= 0.6 is 0 Å². The van der Waals surface area contributed by atoms with Gasteiger partial charge in [-0.25, -0.2) is 0 Å². The Morgan fingerprint density at radius 3 is 2.75 bits per heavy atom. The van der Waals surface area contributed by atoms with Crippen molar-refractivity contribution in [1.29, 1.82) is 0 Å². The van der Waals surface area contributed by atoms with E-state index in [-0.39, 0.29) is 37.3 Å². The van der Waals surface area contributed by atoms with Crippen molar-refractivity contribution >= 4 is 17.4 Å². The van der Waals surface area contributed by atoms with Crippen molar-refractivity contribution in [2.24, 2.45) is 5.41 Å². The highest BCUT2D eigenvalue weighted by Gasteiger charge is 2.48. The van der Waals surface area contributed by atoms with Gasteiger partial charge in [-0.05, 0) is 0 Å². The topological polar surface area (TPSA) is 107 Å². The average molecular weight is 279 g/mol. The molecular weight excluding hydrogens is 266 g/mol. The van der Waals surface area contributed by atoms with Crippen molar-refractivity contribution in [1.82, 2.24) is 0 Å². The Hall–Kier alpha value is -2.28. The lowest BCUT2D eigenvalue weighted by atomic mass is 9.76. The molecule has 0 spiro atoms. The van der Waals surface area contributed by atoms with Crippen LogP contribution in [0.2, 0.25) is 0 Å². The number of nitrogens with zero attached hydrogens (tertiary/aromatic N) is 1. The lowest BCUT2D eigenvalue weighted by Gasteiger charge is -2.31. The van der Waals surface area contributed by atoms with Gasteiger partial charge in [0.1, 0.15) is 0 Å². The maximum atomic E-state index is 12.0. The molecular formula is C13H13NO6. The number of Topliss-reactive ketones (excluding diaryl/α,β-unsaturated/α-hetero) is 1. The summed E-state index contributed by atoms with van der Waals surface area (Å²) in [7, 11) is 0. The number of ketones is 1. The molecule has 0 aliphatic carbocycles. The van der Waals surface area contributed by atoms with Gasteiger partial charge in [-0.3, -0.25) is 19.7 Å². The molecule has 1 aliphatic rings. The smallest absolute Gasteiger partial charge is 0.319 e. The molecule has 1 atom stereocenters. The Morgan fingerprint density at radius 1 is 1.45 bits per heavy atom. The summed E-state index contributed by atoms with van der Waals surface area (Å²) in [4.78, 5) is 33.9. The number of nitro groups is 1. The summed E-state index contributed by atoms with van der Waals surface area (Å²) in [5, 5.41) is 20.3. The fourth-order valence-corrected chi connectivity index (χ4v) is 2.30. The Balaban J connectivity index is 2.41. The van der Waals surface area contributed by atoms with E-state index in [2.05, 4.69) is 0 Å². The Kier molecular flexibility index (Phi) is 3.80. The number of ether oxygens (including phenoxy) is 1. The zero-order valence-electron chi connectivity index (χ0n) is 10.6. The third kappa shape index (κ3) is 2.39. The summed E-state index contributed by atoms with van der Waals surface area (Å²) >= 11 is 0. The van der Waals surface area contributed by atoms with Gasteiger partial charge in [0.25, 0.3) is 5.69 Å². The van der Waals surface area contributed by atoms with Crippen molar-refractivity contribution in [3.63, 3.8) is 0 Å². The van der Waals surface area contributed by atoms with E-state index in [1.165, 1.54) is 18.2 Å². The van der Waals surface area contributed by atoms with E-state index in [9.17, 15) is 24.8 Å². The van der Waals surface area contributed by atoms with Crippen molar-refractivity contribution < 1.29 is 24.4 Å². The Morgan fingerprint density at radius 2 is 2.15 bits per heavy atom. The van der Waals surface area contributed by atoms with Crippen molar-refractivity contribution in [2.45, 2.75) is 12.8 Å². The number of nitro benzene ring substituents is 1. The Bertz CT molecular complexity index is 570. The molecule has 1 heterocycles. The van der Waals surface area contributed by atoms with Gasteiger partial charge in [-0.2, -0.15) is 0 Å². The van der Waals surface area contributed by atoms with E-state index in [0.717, 1.165) is 0 Å². The number of carboxylic acid groups (broad SMARTS) is 1. The summed E-state index contributed by atoms with van der Waals surface area (Å²) in [5.74, 6) is -1.75. The second-order valence-corrected chi connectivity index (χ2v) is 4.68. The van der Waals surface area contributed by atoms with Crippen molar-refractivity contribution in [3.05, 3.63) is 39.9 Å². The molecule has 1 aromatic rings. The predicted octanol–water partition coefficient (Wildman–Crippen LogP) is 1.20. The number of hydrogen-bond donors (Lipinski definition) is 1. The number of carboxylic acids is 1. The van der Waals surface area contributed by atoms with Crippen LogP contribution in [0.4, 0.5) is 5.69 Å². The maximum absolute atomic E-state index is 12.0. The summed E-state index contributed by atoms with van der Waals surface area (Å²) in [6.07, 6.45) is -0.231. The molecule has 1 unspecified atom stereocenters. The van der Waals surface area contributed by atoms with Gasteiger partial charge < -0.3 is 9.84 Å². The van der Waals surface area contributed by atoms with Crippen LogP contribution in [0.15, 0.2) is 24.3 Å². The first-order valence-electron chi connectivity index (χ1n) is 6.04. The van der Waals surface area contributed by atoms with Crippen LogP contribution in [-0.4, -0.2) is 35.0 Å². The standard InChI is InChI=1S/C13H13NO6/c15-11-5-6-20-8-13(11,12(16)17)7-9-3-1-2-4-10(9)14(18)19/h1-4H,5-8H2,(H,16,17). The van der Waals surface area contributed by atoms with Crippen LogP contribution in [-0.2, 0) is 20.7 Å². The Labute approximate surface area is 114 Å². The lowest BCUT2D eigenvalue weighted by molar-refractivity contribution is -0.385. The highest BCUT2D eigenvalue weighted by molar-refractivity contribution is 6.04. The summed E-state index contributed by atoms with van der Waals surface area (Å²) in [6, 6.07) is 5.82. The van der Waals surface area contributed by atoms with Crippen LogP contribution in [0.5, 0.6) is 0 Å². The van der Waals surface area contributed by atoms with E-state index in [1.807, 2.05) is 0 Å². The van der Waals surface area contributed by atoms with E-state index in [1.54, 1.807) is 6.07 Å². The minimum atomic E-state index is -1.73. The van der Waals surface area contributed by atoms with Crippen LogP contribution in [0.3, 0.4) is 0 Å². The highest BCUT2D eigenvalue weighted by atomic mass is 16.6. The molecule has 7 nitrogen and oxygen atoms in total. The van der Waals surface area contributed by atoms with Crippen LogP contribution in [0.25, 0.3) is 0 Å². The highest BCUT2D eigenvalue weighted by Crippen LogP contribution is 2.33. The van der Waals surface area contributed by atoms with E-state index in [4.69, 9.17) is 4.74 Å². The average Bonchev–Trinajstić information content (AvgIpc) is 2.41. The molecule has 7 heteroatoms. The number of para-hydroxylation sites is 1. The molecule has 0 radical (unpaired) electrons. The molecule has 0 amide bonds. The minimum Gasteiger partial charge on any atom is -0.480 e. The summed E-state index contributed by atoms with van der Waals surface area (Å²) in [6.45, 7) is -0.0715. The quantitative estimate of drug-likeness (QED) is 0.504. The fourth-order valence-electron chi connectivity index (χ4n) is 2.30. The molecule has 0 aromatic heterocycles. The van der Waals surface area contributed by atoms with Crippen molar-refractivity contribution in [3.8, 4) is 0 Å². The molecule has 0 bridgehead atoms. The van der Waals surface area contributed by atoms with Gasteiger partial charge in [0, 0.05) is 24.5 Å². The fraction of sp³-hybridized carbons (Fsp3) is 0.385. The number of benzene rings is 1. The van der Waals surface area contributed by atoms with Gasteiger partial charge in [0.2, 0.25) is 0 Å². The maximum Gasteiger partial charge on any atom is 0.319 e. The van der Waals surface area contributed by atoms with Gasteiger partial charge in [-0.1, -0.05) is 18.2 Å². The molecule has 1 aliphatic heterocycles. The monoisotopic (exact) mass is 279 g/mol. The molecule has 20 heavy (non-hydrogen) atoms. The zero-order valence-corrected chi connectivity index (χ0v) is 10.6. The van der Waals surface area contributed by atoms with Gasteiger partial charge >= 0.3 is 5.97 Å². The molecule has 2 rings (SSSR count). The molecule has 1 fully saturated rings. The van der Waals surface area contributed by atoms with Gasteiger partial charge in [0.05, 0.1) is 18.1 Å². The molecule has 106 valence electrons. The van der Waals surface area contributed by atoms with E-state index >= 15 is 0 Å². The number of carbonyl (C=O) groups is 2. The van der Waals surface area contributed by atoms with Gasteiger partial charge in [0.15, 0.2) is 11.2 Å². The SMILES string of the molecule is O=C(O)C1(Cc2ccccc2[N+](=O)[O-])COCCC1=O. The first-order valence-corrected chi connectivity index (χ1v) is 6.04. The molecule has 1 N–H and O–H groups in total. The van der Waals surface area contributed by atoms with Crippen LogP contribution in [0.1, 0.15) is 12.0 Å². The molecule has 1 aromatic carbocycles. The minimum absolute atomic E-state index is 0.00688. The largest absolute Gasteiger partial charge is 0.480 e. The van der Waals surface area contributed by atoms with Gasteiger partial charge in [-0.15, -0.1) is 0 Å². The first-order chi connectivity index (χ1) is 9.47. The normalized spacial score (nSPS) is 22.5. The molecule has 1 saturated heterocycles. The summed E-state index contributed by atoms with van der Waals surface area (Å²) in [5.41, 5.74) is -1.70. The second-order valence-electron chi connectivity index (χ2n) is 4.68. The van der Waals surface area contributed by atoms with E-state index in [0.29, 0.717) is 0 Å². The molecule has 0 saturated carbocycles. The lowest BCUT2D eigenvalue weighted by Crippen LogP contribution is -2.48. The van der Waals surface area contributed by atoms with Crippen molar-refractivity contribution in [2.75, 3.05) is 13.2 Å². The predicted molar refractivity (Wildman–Crippen MR) is 67.3 cm³/mol. The third-order valence-corrected chi connectivity index (χ3v) is 3.45. The first kappa shape index (κ1) is 14.1. The summed E-state index contributed by atoms with van der Waals surface area (Å²) < 4.78 is 5.12. The number of rotatable bonds is 4. The number of aliphatic carboxylic acids is 1. The van der Waals surface area contributed by atoms with Crippen LogP contribution in [0, 0.1) is 15.5 Å². The van der Waals surface area contributed by atoms with E-state index < -0.39 is 22.1 Å². The van der Waals surface area contributed by atoms with Crippen LogP contribution < -0.4 is 0 Å². The number of carbonyl (C=O) groups excluding carboxylic acids is 1. The third-order valence-electron chi connectivity index (χ3n) is 3.45.